The molecule has 0 aliphatic carbocycles. The van der Waals surface area contributed by atoms with Crippen molar-refractivity contribution in [2.45, 2.75) is 32.3 Å². The maximum absolute atomic E-state index is 13.8. The normalized spacial score (nSPS) is 19.5. The molecule has 9 heteroatoms. The van der Waals surface area contributed by atoms with Crippen molar-refractivity contribution in [1.82, 2.24) is 25.1 Å². The lowest BCUT2D eigenvalue weighted by atomic mass is 9.99. The Hall–Kier alpha value is -4.21. The number of carbonyl (C=O) groups is 3. The monoisotopic (exact) mass is 541 g/mol. The number of likely N-dealkylation sites (N-methyl/N-ethyl adjacent to an activating group) is 1. The number of carbonyl (C=O) groups excluding carboxylic acids is 3. The molecular weight excluding hydrogens is 506 g/mol. The zero-order chi connectivity index (χ0) is 28.1. The molecule has 0 radical (unpaired) electrons. The van der Waals surface area contributed by atoms with Gasteiger partial charge in [0, 0.05) is 20.1 Å². The van der Waals surface area contributed by atoms with Crippen LogP contribution in [0.3, 0.4) is 0 Å². The minimum absolute atomic E-state index is 0.00840. The van der Waals surface area contributed by atoms with Gasteiger partial charge in [0.25, 0.3) is 0 Å². The van der Waals surface area contributed by atoms with Gasteiger partial charge in [-0.1, -0.05) is 90.5 Å². The van der Waals surface area contributed by atoms with Crippen molar-refractivity contribution in [2.75, 3.05) is 33.3 Å². The van der Waals surface area contributed by atoms with E-state index in [0.717, 1.165) is 11.1 Å². The van der Waals surface area contributed by atoms with Crippen LogP contribution in [0.25, 0.3) is 0 Å². The molecule has 4 amide bonds. The summed E-state index contributed by atoms with van der Waals surface area (Å²) in [6.07, 6.45) is -0.665. The van der Waals surface area contributed by atoms with E-state index < -0.39 is 12.2 Å². The molecule has 0 unspecified atom stereocenters. The minimum atomic E-state index is -0.831. The maximum Gasteiger partial charge on any atom is 0.334 e. The van der Waals surface area contributed by atoms with E-state index in [0.29, 0.717) is 31.9 Å². The fourth-order valence-electron chi connectivity index (χ4n) is 5.26. The zero-order valence-corrected chi connectivity index (χ0v) is 22.9. The van der Waals surface area contributed by atoms with E-state index in [1.165, 1.54) is 5.56 Å². The van der Waals surface area contributed by atoms with Gasteiger partial charge < -0.3 is 19.9 Å². The predicted octanol–water partition coefficient (Wildman–Crippen LogP) is 3.32. The Morgan fingerprint density at radius 3 is 2.30 bits per heavy atom. The fraction of sp³-hybridized carbons (Fsp3) is 0.323. The van der Waals surface area contributed by atoms with Gasteiger partial charge in [0.15, 0.2) is 0 Å². The molecular formula is C31H35N5O4. The second-order valence-corrected chi connectivity index (χ2v) is 10.2. The van der Waals surface area contributed by atoms with Gasteiger partial charge in [0.2, 0.25) is 11.8 Å². The first-order valence-corrected chi connectivity index (χ1v) is 13.5. The van der Waals surface area contributed by atoms with Crippen LogP contribution in [0.5, 0.6) is 0 Å². The Morgan fingerprint density at radius 2 is 1.60 bits per heavy atom. The molecule has 0 aromatic heterocycles. The van der Waals surface area contributed by atoms with Crippen molar-refractivity contribution >= 4 is 17.8 Å². The van der Waals surface area contributed by atoms with Gasteiger partial charge in [-0.15, -0.1) is 0 Å². The van der Waals surface area contributed by atoms with Crippen LogP contribution in [0.1, 0.15) is 28.3 Å². The summed E-state index contributed by atoms with van der Waals surface area (Å²) in [6, 6.07) is 25.9. The number of nitrogens with zero attached hydrogens (tertiary/aromatic N) is 4. The summed E-state index contributed by atoms with van der Waals surface area (Å²) in [5, 5.41) is 6.18. The molecule has 3 aromatic carbocycles. The molecule has 2 saturated heterocycles. The molecule has 208 valence electrons. The molecule has 2 aliphatic rings. The van der Waals surface area contributed by atoms with Crippen LogP contribution >= 0.6 is 0 Å². The van der Waals surface area contributed by atoms with E-state index in [4.69, 9.17) is 4.74 Å². The van der Waals surface area contributed by atoms with Crippen LogP contribution in [-0.2, 0) is 27.5 Å². The van der Waals surface area contributed by atoms with Crippen LogP contribution in [0, 0.1) is 6.92 Å². The molecule has 9 nitrogen and oxygen atoms in total. The number of aryl methyl sites for hydroxylation is 1. The topological polar surface area (TPSA) is 85.4 Å². The molecule has 5 rings (SSSR count). The first kappa shape index (κ1) is 27.4. The number of piperazine rings is 1. The highest BCUT2D eigenvalue weighted by molar-refractivity contribution is 5.92. The zero-order valence-electron chi connectivity index (χ0n) is 22.9. The number of hydrogen-bond acceptors (Lipinski definition) is 5. The standard InChI is InChI=1S/C31H35N5O4/c1-23-13-15-25(16-14-23)22-40-18-17-34-20-27-35(29(30(34)38)26-11-7-4-8-12-26)28(37)21-33(2)36(27)31(39)32-19-24-9-5-3-6-10-24/h3-16,27,29H,17-22H2,1-2H3,(H,32,39)/t27-,29-/m0/s1. The number of nitrogens with one attached hydrogen (secondary N) is 1. The largest absolute Gasteiger partial charge is 0.375 e. The number of amides is 4. The summed E-state index contributed by atoms with van der Waals surface area (Å²) in [4.78, 5) is 44.0. The lowest BCUT2D eigenvalue weighted by molar-refractivity contribution is -0.188. The van der Waals surface area contributed by atoms with Gasteiger partial charge in [-0.2, -0.15) is 0 Å². The van der Waals surface area contributed by atoms with E-state index in [1.807, 2.05) is 91.9 Å². The van der Waals surface area contributed by atoms with E-state index in [2.05, 4.69) is 5.32 Å². The van der Waals surface area contributed by atoms with Gasteiger partial charge in [0.1, 0.15) is 12.2 Å². The van der Waals surface area contributed by atoms with Crippen LogP contribution in [0.2, 0.25) is 0 Å². The third kappa shape index (κ3) is 6.00. The van der Waals surface area contributed by atoms with Crippen molar-refractivity contribution in [3.8, 4) is 0 Å². The first-order valence-electron chi connectivity index (χ1n) is 13.5. The number of rotatable bonds is 8. The maximum atomic E-state index is 13.8. The van der Waals surface area contributed by atoms with Gasteiger partial charge >= 0.3 is 6.03 Å². The van der Waals surface area contributed by atoms with E-state index in [-0.39, 0.29) is 30.9 Å². The van der Waals surface area contributed by atoms with Crippen molar-refractivity contribution < 1.29 is 19.1 Å². The van der Waals surface area contributed by atoms with E-state index >= 15 is 0 Å². The smallest absolute Gasteiger partial charge is 0.334 e. The van der Waals surface area contributed by atoms with Crippen LogP contribution in [-0.4, -0.2) is 77.1 Å². The molecule has 2 fully saturated rings. The second-order valence-electron chi connectivity index (χ2n) is 10.2. The lowest BCUT2D eigenvalue weighted by Gasteiger charge is -2.54. The Bertz CT molecular complexity index is 1320. The van der Waals surface area contributed by atoms with Crippen molar-refractivity contribution in [2.24, 2.45) is 0 Å². The third-order valence-corrected chi connectivity index (χ3v) is 7.34. The molecule has 2 heterocycles. The quantitative estimate of drug-likeness (QED) is 0.443. The van der Waals surface area contributed by atoms with Crippen LogP contribution < -0.4 is 5.32 Å². The Balaban J connectivity index is 1.35. The highest BCUT2D eigenvalue weighted by Crippen LogP contribution is 2.34. The number of ether oxygens (including phenoxy) is 1. The number of urea groups is 1. The van der Waals surface area contributed by atoms with Gasteiger partial charge in [0.05, 0.1) is 26.3 Å². The summed E-state index contributed by atoms with van der Waals surface area (Å²) in [5.74, 6) is -0.374. The summed E-state index contributed by atoms with van der Waals surface area (Å²) in [7, 11) is 1.72. The third-order valence-electron chi connectivity index (χ3n) is 7.34. The van der Waals surface area contributed by atoms with Crippen LogP contribution in [0.15, 0.2) is 84.9 Å². The molecule has 0 bridgehead atoms. The average molecular weight is 542 g/mol. The predicted molar refractivity (Wildman–Crippen MR) is 150 cm³/mol. The SMILES string of the molecule is Cc1ccc(COCCN2C[C@H]3N(C(=O)CN(C)N3C(=O)NCc3ccccc3)[C@@H](c3ccccc3)C2=O)cc1. The number of fused-ring (bicyclic) bond motifs is 1. The van der Waals surface area contributed by atoms with Crippen molar-refractivity contribution in [3.05, 3.63) is 107 Å². The molecule has 40 heavy (non-hydrogen) atoms. The summed E-state index contributed by atoms with van der Waals surface area (Å²) in [6.45, 7) is 3.68. The molecule has 1 N–H and O–H groups in total. The highest BCUT2D eigenvalue weighted by atomic mass is 16.5. The fourth-order valence-corrected chi connectivity index (χ4v) is 5.26. The van der Waals surface area contributed by atoms with E-state index in [1.54, 1.807) is 26.9 Å². The van der Waals surface area contributed by atoms with Crippen LogP contribution in [0.4, 0.5) is 4.79 Å². The Kier molecular flexibility index (Phi) is 8.42. The summed E-state index contributed by atoms with van der Waals surface area (Å²) in [5.41, 5.74) is 3.93. The summed E-state index contributed by atoms with van der Waals surface area (Å²) < 4.78 is 5.91. The van der Waals surface area contributed by atoms with Gasteiger partial charge in [-0.25, -0.2) is 14.8 Å². The van der Waals surface area contributed by atoms with Gasteiger partial charge in [-0.05, 0) is 23.6 Å². The number of hydrazine groups is 1. The Labute approximate surface area is 234 Å². The molecule has 2 atom stereocenters. The second kappa shape index (κ2) is 12.3. The van der Waals surface area contributed by atoms with Gasteiger partial charge in [-0.3, -0.25) is 9.59 Å². The first-order chi connectivity index (χ1) is 19.4. The molecule has 0 saturated carbocycles. The summed E-state index contributed by atoms with van der Waals surface area (Å²) >= 11 is 0. The number of hydrogen-bond donors (Lipinski definition) is 1. The average Bonchev–Trinajstić information content (AvgIpc) is 2.96. The molecule has 2 aliphatic heterocycles. The van der Waals surface area contributed by atoms with Crippen molar-refractivity contribution in [3.63, 3.8) is 0 Å². The highest BCUT2D eigenvalue weighted by Gasteiger charge is 2.51. The lowest BCUT2D eigenvalue weighted by Crippen LogP contribution is -2.73. The number of benzene rings is 3. The van der Waals surface area contributed by atoms with Crippen molar-refractivity contribution in [1.29, 1.82) is 0 Å². The minimum Gasteiger partial charge on any atom is -0.375 e. The van der Waals surface area contributed by atoms with E-state index in [9.17, 15) is 14.4 Å². The Morgan fingerprint density at radius 1 is 0.925 bits per heavy atom. The molecule has 0 spiro atoms. The molecule has 3 aromatic rings.